The van der Waals surface area contributed by atoms with E-state index in [0.717, 1.165) is 0 Å². The Balaban J connectivity index is 2.07. The summed E-state index contributed by atoms with van der Waals surface area (Å²) in [7, 11) is 0. The van der Waals surface area contributed by atoms with Gasteiger partial charge in [0.05, 0.1) is 4.44 Å². The van der Waals surface area contributed by atoms with Crippen molar-refractivity contribution in [2.45, 2.75) is 45.4 Å². The second-order valence-corrected chi connectivity index (χ2v) is 16.0. The molecule has 14 heavy (non-hydrogen) atoms. The molecule has 0 aromatic carbocycles. The van der Waals surface area contributed by atoms with Gasteiger partial charge in [0.25, 0.3) is 0 Å². The fourth-order valence-electron chi connectivity index (χ4n) is 1.54. The molecular formula is C10H21PS3. The average Bonchev–Trinajstić information content (AvgIpc) is 2.18. The monoisotopic (exact) mass is 268 g/mol. The SMILES string of the molecule is CCCCCCCP1(=S)SCCCS1. The van der Waals surface area contributed by atoms with E-state index in [9.17, 15) is 0 Å². The minimum absolute atomic E-state index is 0.995. The summed E-state index contributed by atoms with van der Waals surface area (Å²) in [6.45, 7) is 2.27. The van der Waals surface area contributed by atoms with Gasteiger partial charge in [-0.15, -0.1) is 22.8 Å². The van der Waals surface area contributed by atoms with Gasteiger partial charge in [-0.3, -0.25) is 0 Å². The molecular weight excluding hydrogens is 247 g/mol. The Morgan fingerprint density at radius 3 is 2.36 bits per heavy atom. The van der Waals surface area contributed by atoms with Crippen molar-refractivity contribution >= 4 is 39.0 Å². The van der Waals surface area contributed by atoms with E-state index >= 15 is 0 Å². The van der Waals surface area contributed by atoms with Gasteiger partial charge < -0.3 is 0 Å². The van der Waals surface area contributed by atoms with Crippen molar-refractivity contribution in [1.82, 2.24) is 0 Å². The number of hydrogen-bond donors (Lipinski definition) is 0. The van der Waals surface area contributed by atoms with E-state index in [1.54, 1.807) is 0 Å². The summed E-state index contributed by atoms with van der Waals surface area (Å²) in [6.07, 6.45) is 9.69. The molecule has 0 spiro atoms. The summed E-state index contributed by atoms with van der Waals surface area (Å²) >= 11 is 10.0. The highest BCUT2D eigenvalue weighted by Gasteiger charge is 2.20. The van der Waals surface area contributed by atoms with Crippen molar-refractivity contribution in [1.29, 1.82) is 0 Å². The molecule has 0 nitrogen and oxygen atoms in total. The fraction of sp³-hybridized carbons (Fsp3) is 1.00. The normalized spacial score (nSPS) is 20.9. The van der Waals surface area contributed by atoms with Crippen LogP contribution in [0.1, 0.15) is 45.4 Å². The number of hydrogen-bond acceptors (Lipinski definition) is 3. The number of unbranched alkanes of at least 4 members (excludes halogenated alkanes) is 4. The number of rotatable bonds is 6. The van der Waals surface area contributed by atoms with Crippen LogP contribution < -0.4 is 0 Å². The highest BCUT2D eigenvalue weighted by Crippen LogP contribution is 2.71. The summed E-state index contributed by atoms with van der Waals surface area (Å²) in [6, 6.07) is 0. The average molecular weight is 268 g/mol. The van der Waals surface area contributed by atoms with E-state index in [2.05, 4.69) is 29.7 Å². The van der Waals surface area contributed by atoms with Gasteiger partial charge in [-0.2, -0.15) is 0 Å². The van der Waals surface area contributed by atoms with Crippen LogP contribution in [0, 0.1) is 0 Å². The Morgan fingerprint density at radius 1 is 1.07 bits per heavy atom. The molecule has 0 unspecified atom stereocenters. The van der Waals surface area contributed by atoms with Gasteiger partial charge in [-0.25, -0.2) is 0 Å². The lowest BCUT2D eigenvalue weighted by Crippen LogP contribution is -1.94. The largest absolute Gasteiger partial charge is 0.114 e. The van der Waals surface area contributed by atoms with Crippen molar-refractivity contribution in [3.8, 4) is 0 Å². The fourth-order valence-corrected chi connectivity index (χ4v) is 11.7. The van der Waals surface area contributed by atoms with E-state index in [0.29, 0.717) is 0 Å². The minimum atomic E-state index is -0.995. The van der Waals surface area contributed by atoms with Gasteiger partial charge in [0, 0.05) is 0 Å². The second kappa shape index (κ2) is 7.60. The van der Waals surface area contributed by atoms with Crippen LogP contribution in [0.4, 0.5) is 0 Å². The van der Waals surface area contributed by atoms with Gasteiger partial charge in [0.15, 0.2) is 0 Å². The summed E-state index contributed by atoms with van der Waals surface area (Å²) in [5.74, 6) is 2.67. The molecule has 1 fully saturated rings. The van der Waals surface area contributed by atoms with Crippen molar-refractivity contribution in [2.75, 3.05) is 17.7 Å². The first-order valence-electron chi connectivity index (χ1n) is 5.65. The maximum atomic E-state index is 5.77. The molecule has 0 atom stereocenters. The van der Waals surface area contributed by atoms with Gasteiger partial charge in [0.1, 0.15) is 0 Å². The van der Waals surface area contributed by atoms with Gasteiger partial charge in [0.2, 0.25) is 0 Å². The molecule has 0 N–H and O–H groups in total. The lowest BCUT2D eigenvalue weighted by molar-refractivity contribution is 0.659. The Kier molecular flexibility index (Phi) is 7.28. The molecule has 84 valence electrons. The summed E-state index contributed by atoms with van der Waals surface area (Å²) in [5.41, 5.74) is 0. The van der Waals surface area contributed by atoms with E-state index in [1.807, 2.05) is 0 Å². The Morgan fingerprint density at radius 2 is 1.71 bits per heavy atom. The van der Waals surface area contributed by atoms with Crippen LogP contribution in [0.25, 0.3) is 0 Å². The second-order valence-electron chi connectivity index (χ2n) is 3.77. The molecule has 0 aromatic rings. The van der Waals surface area contributed by atoms with E-state index in [4.69, 9.17) is 11.8 Å². The molecule has 1 rings (SSSR count). The summed E-state index contributed by atoms with van der Waals surface area (Å²) < 4.78 is -0.995. The quantitative estimate of drug-likeness (QED) is 0.484. The Labute approximate surface area is 102 Å². The van der Waals surface area contributed by atoms with Crippen LogP contribution in [0.3, 0.4) is 0 Å². The topological polar surface area (TPSA) is 0 Å². The van der Waals surface area contributed by atoms with Crippen molar-refractivity contribution in [3.63, 3.8) is 0 Å². The third-order valence-electron chi connectivity index (χ3n) is 2.40. The Bertz CT molecular complexity index is 184. The molecule has 0 radical (unpaired) electrons. The summed E-state index contributed by atoms with van der Waals surface area (Å²) in [4.78, 5) is 0. The zero-order chi connectivity index (χ0) is 10.3. The van der Waals surface area contributed by atoms with Crippen LogP contribution >= 0.6 is 27.2 Å². The highest BCUT2D eigenvalue weighted by atomic mass is 33.2. The molecule has 4 heteroatoms. The van der Waals surface area contributed by atoms with E-state index < -0.39 is 4.44 Å². The van der Waals surface area contributed by atoms with Crippen molar-refractivity contribution < 1.29 is 0 Å². The predicted molar refractivity (Wildman–Crippen MR) is 77.4 cm³/mol. The van der Waals surface area contributed by atoms with Crippen LogP contribution in [0.15, 0.2) is 0 Å². The van der Waals surface area contributed by atoms with Crippen molar-refractivity contribution in [2.24, 2.45) is 0 Å². The predicted octanol–water partition coefficient (Wildman–Crippen LogP) is 5.14. The molecule has 0 aliphatic carbocycles. The molecule has 1 heterocycles. The first-order valence-corrected chi connectivity index (χ1v) is 11.8. The molecule has 0 aromatic heterocycles. The third-order valence-corrected chi connectivity index (χ3v) is 13.9. The lowest BCUT2D eigenvalue weighted by Gasteiger charge is -2.24. The smallest absolute Gasteiger partial charge is 0.0572 e. The third kappa shape index (κ3) is 5.44. The first-order chi connectivity index (χ1) is 6.77. The van der Waals surface area contributed by atoms with Crippen LogP contribution in [-0.4, -0.2) is 17.7 Å². The molecule has 1 saturated heterocycles. The van der Waals surface area contributed by atoms with E-state index in [-0.39, 0.29) is 0 Å². The Hall–Kier alpha value is 1.35. The molecule has 0 amide bonds. The minimum Gasteiger partial charge on any atom is -0.114 e. The van der Waals surface area contributed by atoms with Gasteiger partial charge >= 0.3 is 0 Å². The maximum Gasteiger partial charge on any atom is 0.0572 e. The molecule has 0 bridgehead atoms. The first kappa shape index (κ1) is 13.4. The van der Waals surface area contributed by atoms with Crippen LogP contribution in [0.5, 0.6) is 0 Å². The molecule has 1 aliphatic heterocycles. The molecule has 0 saturated carbocycles. The van der Waals surface area contributed by atoms with Gasteiger partial charge in [-0.1, -0.05) is 44.4 Å². The molecule has 1 aliphatic rings. The van der Waals surface area contributed by atoms with Gasteiger partial charge in [-0.05, 0) is 30.5 Å². The zero-order valence-corrected chi connectivity index (χ0v) is 12.4. The van der Waals surface area contributed by atoms with Crippen molar-refractivity contribution in [3.05, 3.63) is 0 Å². The van der Waals surface area contributed by atoms with Crippen LogP contribution in [-0.2, 0) is 11.8 Å². The standard InChI is InChI=1S/C10H21PS3/c1-2-3-4-5-6-8-11(12)13-9-7-10-14-11/h2-10H2,1H3. The lowest BCUT2D eigenvalue weighted by atomic mass is 10.2. The maximum absolute atomic E-state index is 5.77. The van der Waals surface area contributed by atoms with E-state index in [1.165, 1.54) is 56.2 Å². The van der Waals surface area contributed by atoms with Crippen LogP contribution in [0.2, 0.25) is 0 Å². The zero-order valence-electron chi connectivity index (χ0n) is 9.04. The highest BCUT2D eigenvalue weighted by molar-refractivity contribution is 9.00. The summed E-state index contributed by atoms with van der Waals surface area (Å²) in [5, 5.41) is 0.